The first-order chi connectivity index (χ1) is 5.77. The predicted octanol–water partition coefficient (Wildman–Crippen LogP) is 2.40. The minimum Gasteiger partial charge on any atom is -0.506 e. The van der Waals surface area contributed by atoms with Crippen molar-refractivity contribution in [3.8, 4) is 5.75 Å². The summed E-state index contributed by atoms with van der Waals surface area (Å²) in [6.45, 7) is 0.980. The molecule has 0 bridgehead atoms. The van der Waals surface area contributed by atoms with E-state index in [2.05, 4.69) is 5.32 Å². The lowest BCUT2D eigenvalue weighted by Gasteiger charge is -2.18. The number of fused-ring (bicyclic) bond motifs is 1. The molecular weight excluding hydrogens is 174 g/mol. The first kappa shape index (κ1) is 7.74. The Hall–Kier alpha value is -0.890. The quantitative estimate of drug-likeness (QED) is 0.648. The third-order valence-electron chi connectivity index (χ3n) is 2.11. The molecule has 0 saturated carbocycles. The number of aryl methyl sites for hydroxylation is 1. The summed E-state index contributed by atoms with van der Waals surface area (Å²) >= 11 is 5.77. The fraction of sp³-hybridized carbons (Fsp3) is 0.333. The number of hydrogen-bond donors (Lipinski definition) is 2. The van der Waals surface area contributed by atoms with Gasteiger partial charge >= 0.3 is 0 Å². The van der Waals surface area contributed by atoms with E-state index in [9.17, 15) is 5.11 Å². The van der Waals surface area contributed by atoms with Crippen molar-refractivity contribution in [1.82, 2.24) is 0 Å². The zero-order chi connectivity index (χ0) is 8.55. The Kier molecular flexibility index (Phi) is 1.85. The van der Waals surface area contributed by atoms with Crippen LogP contribution in [0.5, 0.6) is 5.75 Å². The van der Waals surface area contributed by atoms with E-state index < -0.39 is 0 Å². The molecule has 0 fully saturated rings. The van der Waals surface area contributed by atoms with Gasteiger partial charge < -0.3 is 10.4 Å². The Labute approximate surface area is 76.2 Å². The lowest BCUT2D eigenvalue weighted by molar-refractivity contribution is 0.475. The molecule has 0 aromatic heterocycles. The Morgan fingerprint density at radius 1 is 1.42 bits per heavy atom. The molecule has 2 nitrogen and oxygen atoms in total. The Morgan fingerprint density at radius 2 is 2.25 bits per heavy atom. The van der Waals surface area contributed by atoms with Crippen LogP contribution in [-0.2, 0) is 6.42 Å². The minimum atomic E-state index is 0.157. The van der Waals surface area contributed by atoms with E-state index in [1.807, 2.05) is 6.07 Å². The van der Waals surface area contributed by atoms with Crippen LogP contribution in [0.1, 0.15) is 12.0 Å². The van der Waals surface area contributed by atoms with Crippen LogP contribution in [-0.4, -0.2) is 11.7 Å². The van der Waals surface area contributed by atoms with E-state index in [-0.39, 0.29) is 5.75 Å². The average molecular weight is 184 g/mol. The van der Waals surface area contributed by atoms with E-state index in [1.54, 1.807) is 6.07 Å². The molecule has 1 aliphatic rings. The maximum atomic E-state index is 9.30. The number of phenolic OH excluding ortho intramolecular Hbond substituents is 1. The van der Waals surface area contributed by atoms with Gasteiger partial charge in [-0.2, -0.15) is 0 Å². The van der Waals surface area contributed by atoms with Crippen LogP contribution in [0.4, 0.5) is 5.69 Å². The van der Waals surface area contributed by atoms with Gasteiger partial charge in [0, 0.05) is 18.3 Å². The SMILES string of the molecule is Oc1cc2c(cc1Cl)CCCN2. The number of rotatable bonds is 0. The van der Waals surface area contributed by atoms with E-state index in [1.165, 1.54) is 5.56 Å². The highest BCUT2D eigenvalue weighted by Crippen LogP contribution is 2.32. The molecule has 0 spiro atoms. The molecule has 0 amide bonds. The van der Waals surface area contributed by atoms with Crippen LogP contribution in [0.2, 0.25) is 5.02 Å². The van der Waals surface area contributed by atoms with Gasteiger partial charge in [-0.05, 0) is 24.5 Å². The maximum absolute atomic E-state index is 9.30. The van der Waals surface area contributed by atoms with Crippen molar-refractivity contribution >= 4 is 17.3 Å². The highest BCUT2D eigenvalue weighted by molar-refractivity contribution is 6.32. The molecule has 0 saturated heterocycles. The van der Waals surface area contributed by atoms with Gasteiger partial charge in [-0.15, -0.1) is 0 Å². The largest absolute Gasteiger partial charge is 0.506 e. The summed E-state index contributed by atoms with van der Waals surface area (Å²) in [5, 5.41) is 13.0. The van der Waals surface area contributed by atoms with E-state index in [0.29, 0.717) is 5.02 Å². The lowest BCUT2D eigenvalue weighted by atomic mass is 10.0. The number of nitrogens with one attached hydrogen (secondary N) is 1. The van der Waals surface area contributed by atoms with Crippen molar-refractivity contribution in [2.24, 2.45) is 0 Å². The van der Waals surface area contributed by atoms with Crippen molar-refractivity contribution in [2.45, 2.75) is 12.8 Å². The summed E-state index contributed by atoms with van der Waals surface area (Å²) in [7, 11) is 0. The highest BCUT2D eigenvalue weighted by atomic mass is 35.5. The molecule has 64 valence electrons. The molecular formula is C9H10ClNO. The van der Waals surface area contributed by atoms with Crippen LogP contribution in [0.15, 0.2) is 12.1 Å². The monoisotopic (exact) mass is 183 g/mol. The second kappa shape index (κ2) is 2.87. The van der Waals surface area contributed by atoms with E-state index >= 15 is 0 Å². The zero-order valence-corrected chi connectivity index (χ0v) is 7.36. The van der Waals surface area contributed by atoms with Gasteiger partial charge in [0.25, 0.3) is 0 Å². The summed E-state index contributed by atoms with van der Waals surface area (Å²) in [6.07, 6.45) is 2.18. The predicted molar refractivity (Wildman–Crippen MR) is 49.9 cm³/mol. The Bertz CT molecular complexity index is 281. The van der Waals surface area contributed by atoms with Crippen molar-refractivity contribution in [1.29, 1.82) is 0 Å². The number of hydrogen-bond acceptors (Lipinski definition) is 2. The van der Waals surface area contributed by atoms with Gasteiger partial charge in [-0.3, -0.25) is 0 Å². The van der Waals surface area contributed by atoms with Gasteiger partial charge in [0.1, 0.15) is 5.75 Å². The van der Waals surface area contributed by atoms with Crippen molar-refractivity contribution in [3.63, 3.8) is 0 Å². The van der Waals surface area contributed by atoms with Crippen molar-refractivity contribution < 1.29 is 5.11 Å². The second-order valence-electron chi connectivity index (χ2n) is 2.99. The second-order valence-corrected chi connectivity index (χ2v) is 3.40. The van der Waals surface area contributed by atoms with Gasteiger partial charge in [0.05, 0.1) is 5.02 Å². The molecule has 0 unspecified atom stereocenters. The van der Waals surface area contributed by atoms with Crippen LogP contribution in [0, 0.1) is 0 Å². The molecule has 1 aromatic carbocycles. The molecule has 1 aliphatic heterocycles. The average Bonchev–Trinajstić information content (AvgIpc) is 2.07. The molecule has 2 N–H and O–H groups in total. The van der Waals surface area contributed by atoms with Gasteiger partial charge in [-0.25, -0.2) is 0 Å². The molecule has 2 rings (SSSR count). The summed E-state index contributed by atoms with van der Waals surface area (Å²) < 4.78 is 0. The van der Waals surface area contributed by atoms with Crippen LogP contribution < -0.4 is 5.32 Å². The Morgan fingerprint density at radius 3 is 3.08 bits per heavy atom. The van der Waals surface area contributed by atoms with Crippen molar-refractivity contribution in [2.75, 3.05) is 11.9 Å². The first-order valence-electron chi connectivity index (χ1n) is 4.02. The number of anilines is 1. The topological polar surface area (TPSA) is 32.3 Å². The summed E-state index contributed by atoms with van der Waals surface area (Å²) in [4.78, 5) is 0. The summed E-state index contributed by atoms with van der Waals surface area (Å²) in [5.74, 6) is 0.157. The number of halogens is 1. The fourth-order valence-electron chi connectivity index (χ4n) is 1.48. The lowest BCUT2D eigenvalue weighted by Crippen LogP contribution is -2.11. The van der Waals surface area contributed by atoms with Crippen molar-refractivity contribution in [3.05, 3.63) is 22.7 Å². The molecule has 0 atom stereocenters. The standard InChI is InChI=1S/C9H10ClNO/c10-7-4-6-2-1-3-11-8(6)5-9(7)12/h4-5,11-12H,1-3H2. The van der Waals surface area contributed by atoms with Gasteiger partial charge in [0.15, 0.2) is 0 Å². The minimum absolute atomic E-state index is 0.157. The normalized spacial score (nSPS) is 15.1. The Balaban J connectivity index is 2.49. The molecule has 0 aliphatic carbocycles. The van der Waals surface area contributed by atoms with Gasteiger partial charge in [-0.1, -0.05) is 11.6 Å². The highest BCUT2D eigenvalue weighted by Gasteiger charge is 2.10. The number of benzene rings is 1. The van der Waals surface area contributed by atoms with Crippen LogP contribution in [0.25, 0.3) is 0 Å². The van der Waals surface area contributed by atoms with Crippen LogP contribution in [0.3, 0.4) is 0 Å². The molecule has 3 heteroatoms. The fourth-order valence-corrected chi connectivity index (χ4v) is 1.66. The van der Waals surface area contributed by atoms with E-state index in [0.717, 1.165) is 25.1 Å². The molecule has 1 aromatic rings. The molecule has 12 heavy (non-hydrogen) atoms. The smallest absolute Gasteiger partial charge is 0.136 e. The summed E-state index contributed by atoms with van der Waals surface area (Å²) in [5.41, 5.74) is 2.22. The summed E-state index contributed by atoms with van der Waals surface area (Å²) in [6, 6.07) is 3.52. The molecule has 1 heterocycles. The third kappa shape index (κ3) is 1.23. The molecule has 0 radical (unpaired) electrons. The maximum Gasteiger partial charge on any atom is 0.136 e. The number of aromatic hydroxyl groups is 1. The third-order valence-corrected chi connectivity index (χ3v) is 2.41. The first-order valence-corrected chi connectivity index (χ1v) is 4.40. The van der Waals surface area contributed by atoms with Crippen LogP contribution >= 0.6 is 11.6 Å². The van der Waals surface area contributed by atoms with Gasteiger partial charge in [0.2, 0.25) is 0 Å². The number of phenols is 1. The van der Waals surface area contributed by atoms with E-state index in [4.69, 9.17) is 11.6 Å². The zero-order valence-electron chi connectivity index (χ0n) is 6.60.